The Morgan fingerprint density at radius 3 is 1.98 bits per heavy atom. The minimum atomic E-state index is -4.33. The van der Waals surface area contributed by atoms with Crippen LogP contribution in [0.3, 0.4) is 0 Å². The Hall–Kier alpha value is -4.06. The van der Waals surface area contributed by atoms with E-state index in [0.29, 0.717) is 10.6 Å². The van der Waals surface area contributed by atoms with Crippen LogP contribution in [-0.4, -0.2) is 99.8 Å². The van der Waals surface area contributed by atoms with Crippen molar-refractivity contribution in [2.24, 2.45) is 0 Å². The normalized spacial score (nSPS) is 14.6. The number of aryl methyl sites for hydroxylation is 2. The lowest BCUT2D eigenvalue weighted by atomic mass is 9.91. The number of carbonyl (C=O) groups is 4. The molecular formula is C32H40N4O10S2. The number of aliphatic hydroxyl groups is 1. The van der Waals surface area contributed by atoms with Gasteiger partial charge in [0.1, 0.15) is 29.2 Å². The molecule has 3 rings (SSSR count). The summed E-state index contributed by atoms with van der Waals surface area (Å²) in [6, 6.07) is 10.5. The van der Waals surface area contributed by atoms with Crippen molar-refractivity contribution in [1.82, 2.24) is 20.9 Å². The van der Waals surface area contributed by atoms with E-state index in [1.165, 1.54) is 32.5 Å². The van der Waals surface area contributed by atoms with Crippen molar-refractivity contribution in [3.63, 3.8) is 0 Å². The van der Waals surface area contributed by atoms with Crippen LogP contribution in [0.15, 0.2) is 65.7 Å². The Morgan fingerprint density at radius 1 is 0.875 bits per heavy atom. The molecule has 0 fully saturated rings. The lowest BCUT2D eigenvalue weighted by molar-refractivity contribution is -0.143. The van der Waals surface area contributed by atoms with Crippen molar-refractivity contribution >= 4 is 45.0 Å². The zero-order chi connectivity index (χ0) is 35.5. The molecule has 1 aromatic heterocycles. The molecule has 3 amide bonds. The van der Waals surface area contributed by atoms with E-state index < -0.39 is 64.0 Å². The first-order valence-corrected chi connectivity index (χ1v) is 17.0. The fraction of sp³-hybridized carbons (Fsp3) is 0.406. The van der Waals surface area contributed by atoms with Crippen molar-refractivity contribution in [2.45, 2.75) is 55.8 Å². The third kappa shape index (κ3) is 11.0. The molecule has 0 saturated heterocycles. The van der Waals surface area contributed by atoms with Gasteiger partial charge in [-0.1, -0.05) is 48.0 Å². The van der Waals surface area contributed by atoms with E-state index in [0.717, 1.165) is 23.8 Å². The summed E-state index contributed by atoms with van der Waals surface area (Å²) in [5.74, 6) is -3.11. The number of rotatable bonds is 18. The van der Waals surface area contributed by atoms with Gasteiger partial charge in [0.2, 0.25) is 11.8 Å². The second kappa shape index (κ2) is 17.4. The van der Waals surface area contributed by atoms with Crippen LogP contribution in [0, 0.1) is 13.8 Å². The highest BCUT2D eigenvalue weighted by Gasteiger charge is 2.40. The highest BCUT2D eigenvalue weighted by Crippen LogP contribution is 2.19. The molecule has 48 heavy (non-hydrogen) atoms. The van der Waals surface area contributed by atoms with Gasteiger partial charge in [-0.25, -0.2) is 4.98 Å². The van der Waals surface area contributed by atoms with Crippen LogP contribution in [0.2, 0.25) is 0 Å². The van der Waals surface area contributed by atoms with Gasteiger partial charge in [-0.2, -0.15) is 8.42 Å². The minimum absolute atomic E-state index is 0.0868. The molecule has 0 aliphatic rings. The Bertz CT molecular complexity index is 1660. The molecule has 16 heteroatoms. The summed E-state index contributed by atoms with van der Waals surface area (Å²) < 4.78 is 40.8. The Morgan fingerprint density at radius 2 is 1.44 bits per heavy atom. The number of thiazole rings is 1. The number of carbonyl (C=O) groups excluding carboxylic acids is 4. The lowest BCUT2D eigenvalue weighted by Gasteiger charge is -2.29. The number of benzene rings is 2. The zero-order valence-electron chi connectivity index (χ0n) is 27.2. The number of nitrogens with one attached hydrogen (secondary N) is 3. The van der Waals surface area contributed by atoms with E-state index in [-0.39, 0.29) is 29.4 Å². The number of aromatic nitrogens is 1. The van der Waals surface area contributed by atoms with Gasteiger partial charge >= 0.3 is 0 Å². The summed E-state index contributed by atoms with van der Waals surface area (Å²) >= 11 is 1.14. The summed E-state index contributed by atoms with van der Waals surface area (Å²) in [5, 5.41) is 19.4. The largest absolute Gasteiger partial charge is 0.382 e. The summed E-state index contributed by atoms with van der Waals surface area (Å²) in [7, 11) is -1.69. The molecule has 260 valence electrons. The van der Waals surface area contributed by atoms with Gasteiger partial charge in [0.05, 0.1) is 35.4 Å². The maximum absolute atomic E-state index is 13.7. The van der Waals surface area contributed by atoms with E-state index in [1.807, 2.05) is 0 Å². The molecule has 1 heterocycles. The van der Waals surface area contributed by atoms with Gasteiger partial charge in [-0.3, -0.25) is 23.4 Å². The standard InChI is InChI=1S/C32H40N4O10S2/c1-20-11-13-23(14-12-20)48(42,43)46-19-32(3,41)28(37)24(15-22-9-7-6-8-10-22)34-29(38)25(17-44-4)35-30(39)26(18-45-5)36-31(40)27-16-33-21(2)47-27/h6-14,16,24-26,41H,15,17-19H2,1-5H3,(H,34,38)(H,35,39)(H,36,40)/t24-,25+,26-,32?/m0/s1. The summed E-state index contributed by atoms with van der Waals surface area (Å²) in [5.41, 5.74) is -0.926. The SMILES string of the molecule is COC[C@H](NC(=O)c1cnc(C)s1)C(=O)N[C@H](COC)C(=O)N[C@@H](Cc1ccccc1)C(=O)C(C)(O)COS(=O)(=O)c1ccc(C)cc1. The third-order valence-electron chi connectivity index (χ3n) is 7.02. The summed E-state index contributed by atoms with van der Waals surface area (Å²) in [6.07, 6.45) is 1.29. The predicted octanol–water partition coefficient (Wildman–Crippen LogP) is 1.09. The van der Waals surface area contributed by atoms with Crippen LogP contribution in [-0.2, 0) is 44.6 Å². The van der Waals surface area contributed by atoms with Crippen LogP contribution in [0.1, 0.15) is 32.7 Å². The number of methoxy groups -OCH3 is 2. The van der Waals surface area contributed by atoms with Crippen molar-refractivity contribution in [3.8, 4) is 0 Å². The molecule has 14 nitrogen and oxygen atoms in total. The van der Waals surface area contributed by atoms with E-state index >= 15 is 0 Å². The summed E-state index contributed by atoms with van der Waals surface area (Å²) in [4.78, 5) is 57.4. The molecule has 0 radical (unpaired) electrons. The second-order valence-corrected chi connectivity index (χ2v) is 14.0. The Kier molecular flexibility index (Phi) is 13.9. The second-order valence-electron chi connectivity index (χ2n) is 11.2. The number of ketones is 1. The number of ether oxygens (including phenoxy) is 2. The van der Waals surface area contributed by atoms with Gasteiger partial charge in [-0.15, -0.1) is 11.3 Å². The van der Waals surface area contributed by atoms with Gasteiger partial charge in [0.15, 0.2) is 5.78 Å². The molecule has 0 saturated carbocycles. The van der Waals surface area contributed by atoms with E-state index in [1.54, 1.807) is 56.3 Å². The van der Waals surface area contributed by atoms with Gasteiger partial charge in [0, 0.05) is 14.2 Å². The van der Waals surface area contributed by atoms with Crippen LogP contribution in [0.4, 0.5) is 0 Å². The van der Waals surface area contributed by atoms with Crippen molar-refractivity contribution < 1.29 is 46.4 Å². The topological polar surface area (TPSA) is 199 Å². The van der Waals surface area contributed by atoms with Crippen LogP contribution in [0.5, 0.6) is 0 Å². The maximum Gasteiger partial charge on any atom is 0.297 e. The molecule has 1 unspecified atom stereocenters. The smallest absolute Gasteiger partial charge is 0.297 e. The average Bonchev–Trinajstić information content (AvgIpc) is 3.49. The van der Waals surface area contributed by atoms with Gasteiger partial charge < -0.3 is 30.5 Å². The number of amides is 3. The van der Waals surface area contributed by atoms with Crippen molar-refractivity contribution in [3.05, 3.63) is 81.8 Å². The highest BCUT2D eigenvalue weighted by molar-refractivity contribution is 7.86. The monoisotopic (exact) mass is 704 g/mol. The number of nitrogens with zero attached hydrogens (tertiary/aromatic N) is 1. The first-order chi connectivity index (χ1) is 22.7. The van der Waals surface area contributed by atoms with Crippen molar-refractivity contribution in [2.75, 3.05) is 34.0 Å². The van der Waals surface area contributed by atoms with Crippen LogP contribution < -0.4 is 16.0 Å². The molecule has 0 aliphatic heterocycles. The summed E-state index contributed by atoms with van der Waals surface area (Å²) in [6.45, 7) is 3.12. The quantitative estimate of drug-likeness (QED) is 0.138. The van der Waals surface area contributed by atoms with E-state index in [2.05, 4.69) is 20.9 Å². The van der Waals surface area contributed by atoms with Crippen LogP contribution in [0.25, 0.3) is 0 Å². The van der Waals surface area contributed by atoms with E-state index in [9.17, 15) is 32.7 Å². The highest BCUT2D eigenvalue weighted by atomic mass is 32.2. The molecule has 2 aromatic carbocycles. The van der Waals surface area contributed by atoms with Gasteiger partial charge in [-0.05, 0) is 44.9 Å². The molecular weight excluding hydrogens is 665 g/mol. The predicted molar refractivity (Wildman–Crippen MR) is 176 cm³/mol. The molecule has 0 aliphatic carbocycles. The van der Waals surface area contributed by atoms with Gasteiger partial charge in [0.25, 0.3) is 16.0 Å². The number of hydrogen-bond donors (Lipinski definition) is 4. The lowest BCUT2D eigenvalue weighted by Crippen LogP contribution is -2.60. The van der Waals surface area contributed by atoms with E-state index in [4.69, 9.17) is 13.7 Å². The molecule has 0 bridgehead atoms. The Balaban J connectivity index is 1.78. The first kappa shape index (κ1) is 38.4. The third-order valence-corrected chi connectivity index (χ3v) is 9.21. The van der Waals surface area contributed by atoms with Crippen LogP contribution >= 0.6 is 11.3 Å². The Labute approximate surface area is 283 Å². The zero-order valence-corrected chi connectivity index (χ0v) is 28.9. The fourth-order valence-electron chi connectivity index (χ4n) is 4.41. The van der Waals surface area contributed by atoms with Crippen molar-refractivity contribution in [1.29, 1.82) is 0 Å². The number of hydrogen-bond acceptors (Lipinski definition) is 12. The molecule has 0 spiro atoms. The molecule has 3 aromatic rings. The minimum Gasteiger partial charge on any atom is -0.382 e. The first-order valence-electron chi connectivity index (χ1n) is 14.8. The fourth-order valence-corrected chi connectivity index (χ4v) is 6.08. The molecule has 4 N–H and O–H groups in total. The number of Topliss-reactive ketones (excluding diaryl/α,β-unsaturated/α-hetero) is 1. The molecule has 4 atom stereocenters. The average molecular weight is 705 g/mol. The maximum atomic E-state index is 13.7.